The van der Waals surface area contributed by atoms with Crippen LogP contribution in [0.4, 0.5) is 0 Å². The van der Waals surface area contributed by atoms with Crippen molar-refractivity contribution in [3.63, 3.8) is 0 Å². The van der Waals surface area contributed by atoms with Gasteiger partial charge in [0.15, 0.2) is 5.65 Å². The summed E-state index contributed by atoms with van der Waals surface area (Å²) < 4.78 is 6.69. The Morgan fingerprint density at radius 3 is 2.75 bits per heavy atom. The molecule has 0 aliphatic carbocycles. The number of aromatic nitrogens is 4. The van der Waals surface area contributed by atoms with E-state index in [4.69, 9.17) is 9.84 Å². The first-order valence-corrected chi connectivity index (χ1v) is 5.57. The number of benzene rings is 1. The highest BCUT2D eigenvalue weighted by Gasteiger charge is 2.06. The maximum atomic E-state index is 11.3. The molecule has 0 bridgehead atoms. The summed E-state index contributed by atoms with van der Waals surface area (Å²) >= 11 is 0. The summed E-state index contributed by atoms with van der Waals surface area (Å²) in [5.41, 5.74) is 0.159. The number of hydrogen-bond donors (Lipinski definition) is 2. The monoisotopic (exact) mass is 272 g/mol. The van der Waals surface area contributed by atoms with E-state index in [1.165, 1.54) is 41.1 Å². The van der Waals surface area contributed by atoms with Gasteiger partial charge in [0, 0.05) is 6.07 Å². The molecule has 8 nitrogen and oxygen atoms in total. The second kappa shape index (κ2) is 4.50. The Morgan fingerprint density at radius 2 is 2.05 bits per heavy atom. The Morgan fingerprint density at radius 1 is 1.30 bits per heavy atom. The van der Waals surface area contributed by atoms with Gasteiger partial charge in [0.05, 0.1) is 5.56 Å². The predicted octanol–water partition coefficient (Wildman–Crippen LogP) is 0.908. The van der Waals surface area contributed by atoms with Crippen molar-refractivity contribution in [2.24, 2.45) is 0 Å². The normalized spacial score (nSPS) is 10.6. The molecule has 3 aromatic rings. The van der Waals surface area contributed by atoms with E-state index in [0.717, 1.165) is 0 Å². The first kappa shape index (κ1) is 11.9. The summed E-state index contributed by atoms with van der Waals surface area (Å²) in [5, 5.41) is 14.9. The van der Waals surface area contributed by atoms with Gasteiger partial charge in [0.2, 0.25) is 5.88 Å². The fraction of sp³-hybridized carbons (Fsp3) is 0. The first-order chi connectivity index (χ1) is 9.63. The van der Waals surface area contributed by atoms with Crippen molar-refractivity contribution in [2.75, 3.05) is 0 Å². The maximum absolute atomic E-state index is 11.3. The van der Waals surface area contributed by atoms with Gasteiger partial charge >= 0.3 is 11.7 Å². The molecular formula is C12H8N4O4. The number of fused-ring (bicyclic) bond motifs is 1. The molecule has 0 fully saturated rings. The van der Waals surface area contributed by atoms with Crippen molar-refractivity contribution in [1.82, 2.24) is 19.6 Å². The zero-order chi connectivity index (χ0) is 14.1. The SMILES string of the molecule is O=C(O)c1ccc(Oc2cc3n[nH]c(=O)n3cn2)cc1. The Balaban J connectivity index is 1.88. The Hall–Kier alpha value is -3.16. The van der Waals surface area contributed by atoms with Gasteiger partial charge < -0.3 is 9.84 Å². The van der Waals surface area contributed by atoms with Crippen LogP contribution in [0.1, 0.15) is 10.4 Å². The van der Waals surface area contributed by atoms with Crippen LogP contribution in [-0.2, 0) is 0 Å². The summed E-state index contributed by atoms with van der Waals surface area (Å²) in [6.07, 6.45) is 1.29. The highest BCUT2D eigenvalue weighted by atomic mass is 16.5. The number of hydrogen-bond acceptors (Lipinski definition) is 5. The quantitative estimate of drug-likeness (QED) is 0.733. The molecule has 0 radical (unpaired) electrons. The largest absolute Gasteiger partial charge is 0.478 e. The third-order valence-electron chi connectivity index (χ3n) is 2.61. The number of carboxylic acids is 1. The standard InChI is InChI=1S/C12H8N4O4/c17-11(18)7-1-3-8(4-2-7)20-10-5-9-14-15-12(19)16(9)6-13-10/h1-6H,(H,15,19)(H,17,18). The van der Waals surface area contributed by atoms with E-state index >= 15 is 0 Å². The number of nitrogens with one attached hydrogen (secondary N) is 1. The number of carbonyl (C=O) groups is 1. The smallest absolute Gasteiger partial charge is 0.348 e. The van der Waals surface area contributed by atoms with E-state index in [1.807, 2.05) is 0 Å². The van der Waals surface area contributed by atoms with E-state index in [-0.39, 0.29) is 17.1 Å². The molecule has 0 atom stereocenters. The lowest BCUT2D eigenvalue weighted by Crippen LogP contribution is -2.09. The minimum absolute atomic E-state index is 0.166. The third kappa shape index (κ3) is 2.09. The molecule has 0 saturated carbocycles. The number of ether oxygens (including phenoxy) is 1. The molecule has 3 rings (SSSR count). The molecule has 0 unspecified atom stereocenters. The number of H-pyrrole nitrogens is 1. The van der Waals surface area contributed by atoms with Crippen molar-refractivity contribution in [3.8, 4) is 11.6 Å². The molecule has 1 aromatic carbocycles. The van der Waals surface area contributed by atoms with Crippen LogP contribution in [0.5, 0.6) is 11.6 Å². The van der Waals surface area contributed by atoms with E-state index < -0.39 is 5.97 Å². The number of carboxylic acid groups (broad SMARTS) is 1. The van der Waals surface area contributed by atoms with Crippen LogP contribution in [-0.4, -0.2) is 30.7 Å². The molecule has 2 heterocycles. The van der Waals surface area contributed by atoms with Gasteiger partial charge in [-0.1, -0.05) is 0 Å². The summed E-state index contributed by atoms with van der Waals surface area (Å²) in [6, 6.07) is 7.38. The van der Waals surface area contributed by atoms with Gasteiger partial charge in [-0.25, -0.2) is 24.1 Å². The van der Waals surface area contributed by atoms with Crippen LogP contribution in [0.3, 0.4) is 0 Å². The summed E-state index contributed by atoms with van der Waals surface area (Å²) in [6.45, 7) is 0. The van der Waals surface area contributed by atoms with Crippen molar-refractivity contribution in [1.29, 1.82) is 0 Å². The predicted molar refractivity (Wildman–Crippen MR) is 67.1 cm³/mol. The average Bonchev–Trinajstić information content (AvgIpc) is 2.81. The van der Waals surface area contributed by atoms with Gasteiger partial charge in [-0.3, -0.25) is 0 Å². The lowest BCUT2D eigenvalue weighted by molar-refractivity contribution is 0.0697. The van der Waals surface area contributed by atoms with Crippen molar-refractivity contribution >= 4 is 11.6 Å². The van der Waals surface area contributed by atoms with E-state index in [0.29, 0.717) is 11.4 Å². The fourth-order valence-electron chi connectivity index (χ4n) is 1.63. The molecule has 0 amide bonds. The lowest BCUT2D eigenvalue weighted by atomic mass is 10.2. The molecule has 100 valence electrons. The third-order valence-corrected chi connectivity index (χ3v) is 2.61. The van der Waals surface area contributed by atoms with Crippen LogP contribution in [0.25, 0.3) is 5.65 Å². The van der Waals surface area contributed by atoms with Crippen LogP contribution in [0.2, 0.25) is 0 Å². The van der Waals surface area contributed by atoms with Crippen molar-refractivity contribution < 1.29 is 14.6 Å². The topological polar surface area (TPSA) is 110 Å². The summed E-state index contributed by atoms with van der Waals surface area (Å²) in [7, 11) is 0. The van der Waals surface area contributed by atoms with E-state index in [1.54, 1.807) is 0 Å². The molecule has 20 heavy (non-hydrogen) atoms. The number of aromatic carboxylic acids is 1. The highest BCUT2D eigenvalue weighted by Crippen LogP contribution is 2.20. The van der Waals surface area contributed by atoms with Crippen LogP contribution in [0, 0.1) is 0 Å². The van der Waals surface area contributed by atoms with Crippen LogP contribution in [0.15, 0.2) is 41.5 Å². The molecule has 2 aromatic heterocycles. The van der Waals surface area contributed by atoms with Crippen molar-refractivity contribution in [3.05, 3.63) is 52.7 Å². The second-order valence-corrected chi connectivity index (χ2v) is 3.92. The second-order valence-electron chi connectivity index (χ2n) is 3.92. The van der Waals surface area contributed by atoms with Gasteiger partial charge in [-0.05, 0) is 24.3 Å². The molecule has 8 heteroatoms. The number of nitrogens with zero attached hydrogens (tertiary/aromatic N) is 3. The Kier molecular flexibility index (Phi) is 2.68. The Labute approximate surface area is 111 Å². The minimum atomic E-state index is -1.01. The summed E-state index contributed by atoms with van der Waals surface area (Å²) in [5.74, 6) is -0.323. The molecular weight excluding hydrogens is 264 g/mol. The van der Waals surface area contributed by atoms with Crippen molar-refractivity contribution in [2.45, 2.75) is 0 Å². The first-order valence-electron chi connectivity index (χ1n) is 5.57. The molecule has 0 spiro atoms. The maximum Gasteiger partial charge on any atom is 0.348 e. The zero-order valence-corrected chi connectivity index (χ0v) is 9.98. The van der Waals surface area contributed by atoms with Gasteiger partial charge in [0.25, 0.3) is 0 Å². The van der Waals surface area contributed by atoms with Gasteiger partial charge in [-0.15, -0.1) is 0 Å². The molecule has 2 N–H and O–H groups in total. The molecule has 0 saturated heterocycles. The fourth-order valence-corrected chi connectivity index (χ4v) is 1.63. The number of aromatic amines is 1. The van der Waals surface area contributed by atoms with Crippen LogP contribution >= 0.6 is 0 Å². The number of rotatable bonds is 3. The van der Waals surface area contributed by atoms with Crippen LogP contribution < -0.4 is 10.4 Å². The lowest BCUT2D eigenvalue weighted by Gasteiger charge is -2.04. The molecule has 0 aliphatic rings. The molecule has 0 aliphatic heterocycles. The van der Waals surface area contributed by atoms with Gasteiger partial charge in [0.1, 0.15) is 12.1 Å². The zero-order valence-electron chi connectivity index (χ0n) is 9.98. The minimum Gasteiger partial charge on any atom is -0.478 e. The van der Waals surface area contributed by atoms with E-state index in [2.05, 4.69) is 15.2 Å². The Bertz CT molecular complexity index is 835. The van der Waals surface area contributed by atoms with E-state index in [9.17, 15) is 9.59 Å². The average molecular weight is 272 g/mol. The van der Waals surface area contributed by atoms with Gasteiger partial charge in [-0.2, -0.15) is 5.10 Å². The highest BCUT2D eigenvalue weighted by molar-refractivity contribution is 5.87. The summed E-state index contributed by atoms with van der Waals surface area (Å²) in [4.78, 5) is 25.9.